The largest absolute Gasteiger partial charge is 0.497 e. The van der Waals surface area contributed by atoms with Gasteiger partial charge < -0.3 is 14.4 Å². The quantitative estimate of drug-likeness (QED) is 0.372. The fraction of sp³-hybridized carbons (Fsp3) is 0.269. The number of hydrogen-bond acceptors (Lipinski definition) is 6. The Balaban J connectivity index is 1.81. The molecule has 176 valence electrons. The summed E-state index contributed by atoms with van der Waals surface area (Å²) in [6, 6.07) is 11.8. The molecule has 0 saturated heterocycles. The van der Waals surface area contributed by atoms with Gasteiger partial charge in [0.1, 0.15) is 17.3 Å². The first-order valence-electron chi connectivity index (χ1n) is 10.7. The number of methoxy groups -OCH3 is 2. The number of rotatable bonds is 6. The summed E-state index contributed by atoms with van der Waals surface area (Å²) in [5, 5.41) is 7.67. The van der Waals surface area contributed by atoms with Gasteiger partial charge in [0.05, 0.1) is 43.7 Å². The minimum absolute atomic E-state index is 0.481. The van der Waals surface area contributed by atoms with Crippen molar-refractivity contribution in [3.63, 3.8) is 0 Å². The second kappa shape index (κ2) is 9.65. The molecule has 7 nitrogen and oxygen atoms in total. The van der Waals surface area contributed by atoms with Crippen LogP contribution in [0, 0.1) is 11.2 Å². The number of ether oxygens (including phenoxy) is 2. The predicted octanol–water partition coefficient (Wildman–Crippen LogP) is 4.84. The van der Waals surface area contributed by atoms with Crippen molar-refractivity contribution in [1.29, 1.82) is 0 Å². The monoisotopic (exact) mass is 475 g/mol. The Morgan fingerprint density at radius 1 is 0.941 bits per heavy atom. The Hall–Kier alpha value is -3.70. The van der Waals surface area contributed by atoms with E-state index in [0.717, 1.165) is 33.7 Å². The van der Waals surface area contributed by atoms with E-state index in [-0.39, 0.29) is 0 Å². The highest BCUT2D eigenvalue weighted by atomic mass is 32.3. The molecule has 0 radical (unpaired) electrons. The van der Waals surface area contributed by atoms with Gasteiger partial charge in [-0.05, 0) is 37.0 Å². The molecule has 0 atom stereocenters. The van der Waals surface area contributed by atoms with E-state index in [4.69, 9.17) is 14.5 Å². The molecule has 0 spiro atoms. The van der Waals surface area contributed by atoms with E-state index in [0.29, 0.717) is 18.0 Å². The average Bonchev–Trinajstić information content (AvgIpc) is 3.26. The van der Waals surface area contributed by atoms with Gasteiger partial charge in [-0.25, -0.2) is 4.98 Å². The third-order valence-corrected chi connectivity index (χ3v) is 5.86. The Kier molecular flexibility index (Phi) is 6.66. The predicted molar refractivity (Wildman–Crippen MR) is 141 cm³/mol. The van der Waals surface area contributed by atoms with Gasteiger partial charge in [-0.3, -0.25) is 9.67 Å². The molecule has 0 aliphatic rings. The molecule has 4 rings (SSSR count). The highest BCUT2D eigenvalue weighted by Crippen LogP contribution is 2.34. The second-order valence-corrected chi connectivity index (χ2v) is 12.5. The zero-order valence-electron chi connectivity index (χ0n) is 20.4. The highest BCUT2D eigenvalue weighted by molar-refractivity contribution is 8.35. The van der Waals surface area contributed by atoms with Gasteiger partial charge in [-0.15, -0.1) is 0 Å². The maximum atomic E-state index is 5.50. The van der Waals surface area contributed by atoms with E-state index in [2.05, 4.69) is 44.9 Å². The fourth-order valence-electron chi connectivity index (χ4n) is 3.45. The number of nitrogens with zero attached hydrogens (tertiary/aromatic N) is 5. The van der Waals surface area contributed by atoms with Crippen LogP contribution in [0.15, 0.2) is 55.0 Å². The number of fused-ring (bicyclic) bond motifs is 1. The van der Waals surface area contributed by atoms with Crippen molar-refractivity contribution in [3.05, 3.63) is 55.0 Å². The van der Waals surface area contributed by atoms with E-state index >= 15 is 0 Å². The minimum Gasteiger partial charge on any atom is -0.497 e. The van der Waals surface area contributed by atoms with Gasteiger partial charge in [-0.2, -0.15) is 15.1 Å². The van der Waals surface area contributed by atoms with Crippen LogP contribution in [0.4, 0.5) is 11.5 Å². The summed E-state index contributed by atoms with van der Waals surface area (Å²) in [7, 11) is 4.23. The maximum Gasteiger partial charge on any atom is 0.134 e. The van der Waals surface area contributed by atoms with Crippen LogP contribution < -0.4 is 14.4 Å². The highest BCUT2D eigenvalue weighted by Gasteiger charge is 2.15. The molecule has 0 aliphatic carbocycles. The van der Waals surface area contributed by atoms with Gasteiger partial charge in [0.25, 0.3) is 0 Å². The minimum atomic E-state index is -0.954. The van der Waals surface area contributed by atoms with Crippen molar-refractivity contribution in [2.24, 2.45) is 7.05 Å². The summed E-state index contributed by atoms with van der Waals surface area (Å²) in [5.74, 6) is 5.53. The molecule has 0 saturated carbocycles. The molecular weight excluding hydrogens is 446 g/mol. The van der Waals surface area contributed by atoms with Crippen molar-refractivity contribution in [3.8, 4) is 33.8 Å². The SMILES string of the molecule is COc1cc(OC)cc(N(CC#CS(C)(C)C)c2ccc3ncc(-c4cnn(C)c4)cc3n2)c1. The molecule has 0 bridgehead atoms. The molecule has 0 fully saturated rings. The van der Waals surface area contributed by atoms with Crippen molar-refractivity contribution < 1.29 is 9.47 Å². The van der Waals surface area contributed by atoms with Crippen LogP contribution in [0.25, 0.3) is 22.2 Å². The smallest absolute Gasteiger partial charge is 0.134 e. The lowest BCUT2D eigenvalue weighted by Gasteiger charge is -2.23. The molecule has 0 unspecified atom stereocenters. The van der Waals surface area contributed by atoms with Gasteiger partial charge in [0.15, 0.2) is 0 Å². The summed E-state index contributed by atoms with van der Waals surface area (Å²) in [6.07, 6.45) is 12.2. The summed E-state index contributed by atoms with van der Waals surface area (Å²) in [4.78, 5) is 11.6. The summed E-state index contributed by atoms with van der Waals surface area (Å²) < 4.78 is 12.8. The Bertz CT molecular complexity index is 1360. The molecular formula is C26H29N5O2S. The molecule has 0 amide bonds. The Morgan fingerprint density at radius 2 is 1.68 bits per heavy atom. The molecule has 3 aromatic heterocycles. The second-order valence-electron chi connectivity index (χ2n) is 8.61. The van der Waals surface area contributed by atoms with Crippen LogP contribution in [-0.4, -0.2) is 59.3 Å². The van der Waals surface area contributed by atoms with Gasteiger partial charge in [0.2, 0.25) is 0 Å². The summed E-state index contributed by atoms with van der Waals surface area (Å²) >= 11 is 0. The Morgan fingerprint density at radius 3 is 2.29 bits per heavy atom. The van der Waals surface area contributed by atoms with Crippen molar-refractivity contribution >= 4 is 32.6 Å². The van der Waals surface area contributed by atoms with Crippen LogP contribution in [-0.2, 0) is 7.05 Å². The first-order chi connectivity index (χ1) is 16.3. The standard InChI is InChI=1S/C26H29N5O2S/c1-30-18-20(17-28-30)19-12-25-24(27-16-19)8-9-26(29-25)31(10-7-11-34(4,5)6)21-13-22(32-2)15-23(14-21)33-3/h8-9,12-18H,10H2,1-6H3. The maximum absolute atomic E-state index is 5.50. The average molecular weight is 476 g/mol. The van der Waals surface area contributed by atoms with Crippen LogP contribution in [0.2, 0.25) is 0 Å². The first kappa shape index (κ1) is 23.5. The van der Waals surface area contributed by atoms with Crippen LogP contribution in [0.3, 0.4) is 0 Å². The van der Waals surface area contributed by atoms with E-state index in [1.54, 1.807) is 18.9 Å². The third kappa shape index (κ3) is 5.43. The normalized spacial score (nSPS) is 11.6. The zero-order valence-corrected chi connectivity index (χ0v) is 21.2. The molecule has 8 heteroatoms. The van der Waals surface area contributed by atoms with E-state index in [1.165, 1.54) is 0 Å². The number of benzene rings is 1. The fourth-order valence-corrected chi connectivity index (χ4v) is 3.95. The van der Waals surface area contributed by atoms with Crippen molar-refractivity contribution in [2.75, 3.05) is 44.4 Å². The van der Waals surface area contributed by atoms with Gasteiger partial charge in [0, 0.05) is 48.8 Å². The zero-order chi connectivity index (χ0) is 24.3. The number of hydrogen-bond donors (Lipinski definition) is 0. The lowest BCUT2D eigenvalue weighted by Crippen LogP contribution is -2.19. The van der Waals surface area contributed by atoms with Crippen LogP contribution in [0.1, 0.15) is 0 Å². The van der Waals surface area contributed by atoms with Crippen molar-refractivity contribution in [2.45, 2.75) is 0 Å². The molecule has 4 aromatic rings. The van der Waals surface area contributed by atoms with Gasteiger partial charge >= 0.3 is 0 Å². The number of aromatic nitrogens is 4. The van der Waals surface area contributed by atoms with Crippen LogP contribution in [0.5, 0.6) is 11.5 Å². The first-order valence-corrected chi connectivity index (χ1v) is 13.6. The summed E-state index contributed by atoms with van der Waals surface area (Å²) in [5.41, 5.74) is 4.48. The topological polar surface area (TPSA) is 65.3 Å². The van der Waals surface area contributed by atoms with E-state index in [1.807, 2.05) is 62.0 Å². The van der Waals surface area contributed by atoms with Crippen LogP contribution >= 0.6 is 10.0 Å². The van der Waals surface area contributed by atoms with E-state index in [9.17, 15) is 0 Å². The van der Waals surface area contributed by atoms with Gasteiger partial charge in [-0.1, -0.05) is 11.2 Å². The lowest BCUT2D eigenvalue weighted by molar-refractivity contribution is 0.394. The summed E-state index contributed by atoms with van der Waals surface area (Å²) in [6.45, 7) is 0.481. The molecule has 3 heterocycles. The van der Waals surface area contributed by atoms with Crippen molar-refractivity contribution in [1.82, 2.24) is 19.7 Å². The number of anilines is 2. The van der Waals surface area contributed by atoms with E-state index < -0.39 is 10.0 Å². The lowest BCUT2D eigenvalue weighted by atomic mass is 10.1. The number of aryl methyl sites for hydroxylation is 1. The molecule has 34 heavy (non-hydrogen) atoms. The molecule has 1 aromatic carbocycles. The molecule has 0 aliphatic heterocycles. The third-order valence-electron chi connectivity index (χ3n) is 5.10. The molecule has 0 N–H and O–H groups in total. The number of pyridine rings is 2. The Labute approximate surface area is 202 Å².